The van der Waals surface area contributed by atoms with Crippen LogP contribution >= 0.6 is 0 Å². The van der Waals surface area contributed by atoms with Crippen molar-refractivity contribution >= 4 is 99.5 Å². The van der Waals surface area contributed by atoms with Crippen LogP contribution in [0.5, 0.6) is 0 Å². The second kappa shape index (κ2) is 51.7. The Hall–Kier alpha value is -8.37. The zero-order valence-electron chi connectivity index (χ0n) is 72.6. The quantitative estimate of drug-likeness (QED) is 0.0350. The number of hydrogen-bond acceptors (Lipinski definition) is 26. The molecule has 0 saturated carbocycles. The minimum atomic E-state index is -1.03. The first-order valence-corrected chi connectivity index (χ1v) is 37.0. The summed E-state index contributed by atoms with van der Waals surface area (Å²) in [5.41, 5.74) is 13.8. The number of likely N-dealkylation sites (N-methyl/N-ethyl adjacent to an activating group) is 8. The molecule has 116 heavy (non-hydrogen) atoms. The standard InChI is InChI=1S/C16H29N5O3.C15H27N5O3.C13H24N4O2.C12H22N4O2.C7H13N3O.C6H13NO2.C4H11NO2.5CH4/c1-8-11-16(4,14(24)19-18-11)10-17-13(23)15(2,3)21(7)12(22)9-20(5)6;1-7-10-15(4,13(23)19-18-10)9-17-12(22)14(2,3)20(6)11(21)8-16-5;1-7-9-13(4,11(19)16-15-9)8-14-10(18)12(2,3)17(5)6;1-6-8-12(4,10(18)16-15-8)7-14-9(17)11(2,3)13-5;1-3-5-7(2,4-8)6(11)10-9-5;1-6(2,5(8)9)7(3)4;1-5(2)3-4-7-6;;;;;/h8-10H2,1-7H3,(H,17,23)(H,19,24);16H,7-9H2,1-6H3,(H,17,22)(H,19,23);7-8H2,1-6H3,(H,14,18)(H,16,19);13H,6-7H2,1-5H3,(H,14,17)(H,16,18);3-4,8H2,1-2H3,(H,10,11);1-4H3,(H,8,9);6H,3-4H2,1-2H3;5*1H4. The number of rotatable bonds is 31. The Morgan fingerprint density at radius 1 is 0.422 bits per heavy atom. The van der Waals surface area contributed by atoms with Gasteiger partial charge in [0.05, 0.1) is 59.3 Å². The molecule has 15 N–H and O–H groups in total. The number of nitrogens with zero attached hydrogens (tertiary/aromatic N) is 11. The monoisotopic (exact) mass is 1660 g/mol. The number of amides is 11. The summed E-state index contributed by atoms with van der Waals surface area (Å²) in [6, 6.07) is 0. The third kappa shape index (κ3) is 32.2. The summed E-state index contributed by atoms with van der Waals surface area (Å²) < 4.78 is 0. The molecule has 0 aliphatic carbocycles. The summed E-state index contributed by atoms with van der Waals surface area (Å²) in [7, 11) is 21.2. The first-order chi connectivity index (χ1) is 50.8. The van der Waals surface area contributed by atoms with Crippen molar-refractivity contribution in [3.63, 3.8) is 0 Å². The molecule has 0 spiro atoms. The maximum atomic E-state index is 12.6. The normalized spacial score (nSPS) is 20.3. The van der Waals surface area contributed by atoms with Gasteiger partial charge < -0.3 is 62.3 Å². The van der Waals surface area contributed by atoms with Crippen LogP contribution < -0.4 is 64.8 Å². The summed E-state index contributed by atoms with van der Waals surface area (Å²) >= 11 is 0. The lowest BCUT2D eigenvalue weighted by Gasteiger charge is -2.36. The summed E-state index contributed by atoms with van der Waals surface area (Å²) in [4.78, 5) is 157. The fourth-order valence-electron chi connectivity index (χ4n) is 9.97. The van der Waals surface area contributed by atoms with Crippen LogP contribution in [0.1, 0.15) is 208 Å². The van der Waals surface area contributed by atoms with Crippen LogP contribution in [-0.4, -0.2) is 311 Å². The zero-order valence-corrected chi connectivity index (χ0v) is 72.6. The third-order valence-electron chi connectivity index (χ3n) is 21.1. The molecular formula is C78H159N23O15. The number of carboxylic acids is 1. The van der Waals surface area contributed by atoms with E-state index in [4.69, 9.17) is 16.1 Å². The molecule has 11 amide bonds. The Balaban J connectivity index is -0.000000245. The van der Waals surface area contributed by atoms with E-state index in [0.29, 0.717) is 50.3 Å². The first kappa shape index (κ1) is 121. The number of carboxylic acid groups (broad SMARTS) is 1. The number of hydrazone groups is 5. The van der Waals surface area contributed by atoms with E-state index in [1.807, 2.05) is 93.4 Å². The highest BCUT2D eigenvalue weighted by Crippen LogP contribution is 2.30. The molecule has 0 aromatic heterocycles. The number of nitrogens with one attached hydrogen (secondary N) is 11. The maximum Gasteiger partial charge on any atom is 0.323 e. The molecule has 0 fully saturated rings. The summed E-state index contributed by atoms with van der Waals surface area (Å²) in [6.07, 6.45) is 3.37. The maximum absolute atomic E-state index is 12.6. The molecule has 0 aromatic carbocycles. The van der Waals surface area contributed by atoms with Gasteiger partial charge in [0.15, 0.2) is 0 Å². The van der Waals surface area contributed by atoms with Gasteiger partial charge >= 0.3 is 5.97 Å². The van der Waals surface area contributed by atoms with Crippen LogP contribution in [0.4, 0.5) is 0 Å². The highest BCUT2D eigenvalue weighted by molar-refractivity contribution is 6.15. The van der Waals surface area contributed by atoms with Crippen LogP contribution in [0, 0.1) is 27.1 Å². The molecule has 5 atom stereocenters. The summed E-state index contributed by atoms with van der Waals surface area (Å²) in [6.45, 7) is 38.5. The Bertz CT molecular complexity index is 3390. The van der Waals surface area contributed by atoms with Gasteiger partial charge in [-0.2, -0.15) is 25.5 Å². The molecule has 5 aliphatic heterocycles. The molecule has 0 radical (unpaired) electrons. The van der Waals surface area contributed by atoms with Crippen LogP contribution in [0.3, 0.4) is 0 Å². The minimum Gasteiger partial charge on any atom is -0.480 e. The zero-order chi connectivity index (χ0) is 87.2. The SMILES string of the molecule is C.C.C.C.C.CCC1=NNC(=O)C1(C)CN.CCC1=NNC(=O)C1(C)CNC(=O)C(C)(C)N(C)C.CCC1=NNC(=O)C1(C)CNC(=O)C(C)(C)N(C)C(=O)CN(C)C.CCC1=NNC(=O)C1(C)CNC(=O)C(C)(C)N(C)C(=O)CNC.CCC1=NNC(=O)C1(C)CNC(=O)C(C)(C)NC.CN(C)C(C)(C)C(=O)O.CN(C)CCOO. The Labute approximate surface area is 695 Å². The van der Waals surface area contributed by atoms with Crippen molar-refractivity contribution in [1.29, 1.82) is 0 Å². The largest absolute Gasteiger partial charge is 0.480 e. The van der Waals surface area contributed by atoms with Crippen molar-refractivity contribution in [2.75, 3.05) is 144 Å². The molecular weight excluding hydrogens is 1500 g/mol. The van der Waals surface area contributed by atoms with E-state index in [-0.39, 0.29) is 141 Å². The fraction of sp³-hybridized carbons (Fsp3) is 0.782. The van der Waals surface area contributed by atoms with Gasteiger partial charge in [-0.05, 0) is 206 Å². The second-order valence-electron chi connectivity index (χ2n) is 31.9. The van der Waals surface area contributed by atoms with E-state index < -0.39 is 60.7 Å². The topological polar surface area (TPSA) is 494 Å². The molecule has 5 heterocycles. The van der Waals surface area contributed by atoms with Gasteiger partial charge in [0, 0.05) is 53.4 Å². The van der Waals surface area contributed by atoms with Gasteiger partial charge in [0.25, 0.3) is 29.5 Å². The third-order valence-corrected chi connectivity index (χ3v) is 21.1. The Morgan fingerprint density at radius 2 is 0.681 bits per heavy atom. The number of nitrogens with two attached hydrogens (primary N) is 1. The summed E-state index contributed by atoms with van der Waals surface area (Å²) in [5, 5.41) is 53.2. The highest BCUT2D eigenvalue weighted by Gasteiger charge is 2.48. The van der Waals surface area contributed by atoms with Gasteiger partial charge in [-0.1, -0.05) is 71.8 Å². The molecule has 676 valence electrons. The van der Waals surface area contributed by atoms with Gasteiger partial charge in [0.2, 0.25) is 35.4 Å². The van der Waals surface area contributed by atoms with Crippen molar-refractivity contribution in [3.8, 4) is 0 Å². The highest BCUT2D eigenvalue weighted by atomic mass is 17.1. The fourth-order valence-corrected chi connectivity index (χ4v) is 9.97. The number of aliphatic carboxylic acids is 1. The Morgan fingerprint density at radius 3 is 0.879 bits per heavy atom. The van der Waals surface area contributed by atoms with E-state index in [1.54, 1.807) is 149 Å². The van der Waals surface area contributed by atoms with Crippen molar-refractivity contribution < 1.29 is 72.8 Å². The lowest BCUT2D eigenvalue weighted by Crippen LogP contribution is -2.58. The molecule has 5 rings (SSSR count). The molecule has 5 aliphatic rings. The average Bonchev–Trinajstić information content (AvgIpc) is 1.14. The smallest absolute Gasteiger partial charge is 0.323 e. The molecule has 0 bridgehead atoms. The second-order valence-corrected chi connectivity index (χ2v) is 31.9. The van der Waals surface area contributed by atoms with Crippen LogP contribution in [0.25, 0.3) is 0 Å². The van der Waals surface area contributed by atoms with Crippen molar-refractivity contribution in [2.45, 2.75) is 235 Å². The molecule has 0 saturated heterocycles. The van der Waals surface area contributed by atoms with Crippen LogP contribution in [-0.2, 0) is 62.4 Å². The van der Waals surface area contributed by atoms with Crippen molar-refractivity contribution in [1.82, 2.24) is 88.4 Å². The number of carbonyl (C=O) groups excluding carboxylic acids is 11. The summed E-state index contributed by atoms with van der Waals surface area (Å²) in [5.74, 6) is -2.88. The van der Waals surface area contributed by atoms with Crippen LogP contribution in [0.2, 0.25) is 0 Å². The molecule has 38 heteroatoms. The van der Waals surface area contributed by atoms with E-state index in [9.17, 15) is 57.5 Å². The van der Waals surface area contributed by atoms with E-state index >= 15 is 0 Å². The molecule has 0 aromatic rings. The van der Waals surface area contributed by atoms with E-state index in [2.05, 4.69) is 89.4 Å². The minimum absolute atomic E-state index is 0. The van der Waals surface area contributed by atoms with Gasteiger partial charge in [-0.15, -0.1) is 0 Å². The van der Waals surface area contributed by atoms with E-state index in [1.165, 1.54) is 9.80 Å². The predicted octanol–water partition coefficient (Wildman–Crippen LogP) is 3.09. The number of carbonyl (C=O) groups is 12. The number of hydrogen-bond donors (Lipinski definition) is 14. The average molecular weight is 1660 g/mol. The van der Waals surface area contributed by atoms with Gasteiger partial charge in [-0.25, -0.2) is 32.0 Å². The van der Waals surface area contributed by atoms with Crippen LogP contribution in [0.15, 0.2) is 25.5 Å². The lowest BCUT2D eigenvalue weighted by molar-refractivity contribution is -0.243. The predicted molar refractivity (Wildman–Crippen MR) is 464 cm³/mol. The van der Waals surface area contributed by atoms with E-state index in [0.717, 1.165) is 30.1 Å². The first-order valence-electron chi connectivity index (χ1n) is 37.0. The van der Waals surface area contributed by atoms with Crippen molar-refractivity contribution in [2.24, 2.45) is 58.3 Å². The van der Waals surface area contributed by atoms with Gasteiger partial charge in [0.1, 0.15) is 43.7 Å². The molecule has 38 nitrogen and oxygen atoms in total. The lowest BCUT2D eigenvalue weighted by atomic mass is 9.83. The van der Waals surface area contributed by atoms with Crippen molar-refractivity contribution in [3.05, 3.63) is 0 Å². The Kier molecular flexibility index (Phi) is 53.9. The molecule has 5 unspecified atom stereocenters. The van der Waals surface area contributed by atoms with Gasteiger partial charge in [-0.3, -0.25) is 72.6 Å².